The normalized spacial score (nSPS) is 11.3. The third-order valence-electron chi connectivity index (χ3n) is 2.89. The number of nitrogens with one attached hydrogen (secondary N) is 1. The van der Waals surface area contributed by atoms with Crippen LogP contribution in [0.3, 0.4) is 0 Å². The Hall–Kier alpha value is -0.900. The lowest BCUT2D eigenvalue weighted by Crippen LogP contribution is -2.34. The molecule has 0 fully saturated rings. The highest BCUT2D eigenvalue weighted by atomic mass is 79.9. The number of carbonyl (C=O) groups excluding carboxylic acids is 1. The van der Waals surface area contributed by atoms with Gasteiger partial charge in [0, 0.05) is 23.8 Å². The second-order valence-corrected chi connectivity index (χ2v) is 6.12. The fourth-order valence-electron chi connectivity index (χ4n) is 1.66. The maximum absolute atomic E-state index is 11.9. The number of amides is 1. The fraction of sp³-hybridized carbons (Fsp3) is 0.571. The Balaban J connectivity index is 2.48. The molecule has 0 saturated heterocycles. The van der Waals surface area contributed by atoms with E-state index in [1.807, 2.05) is 19.1 Å². The van der Waals surface area contributed by atoms with Crippen LogP contribution in [-0.4, -0.2) is 22.8 Å². The van der Waals surface area contributed by atoms with Crippen molar-refractivity contribution in [3.05, 3.63) is 29.6 Å². The van der Waals surface area contributed by atoms with Gasteiger partial charge in [-0.3, -0.25) is 9.78 Å². The van der Waals surface area contributed by atoms with Gasteiger partial charge in [-0.25, -0.2) is 0 Å². The van der Waals surface area contributed by atoms with Crippen LogP contribution in [0.4, 0.5) is 0 Å². The van der Waals surface area contributed by atoms with Crippen molar-refractivity contribution >= 4 is 21.8 Å². The third kappa shape index (κ3) is 5.17. The van der Waals surface area contributed by atoms with Crippen molar-refractivity contribution < 1.29 is 4.79 Å². The van der Waals surface area contributed by atoms with E-state index in [1.54, 1.807) is 6.20 Å². The van der Waals surface area contributed by atoms with Crippen LogP contribution in [-0.2, 0) is 0 Å². The zero-order valence-electron chi connectivity index (χ0n) is 11.3. The number of pyridine rings is 1. The minimum atomic E-state index is -0.0468. The van der Waals surface area contributed by atoms with E-state index in [0.717, 1.165) is 23.9 Å². The molecule has 100 valence electrons. The summed E-state index contributed by atoms with van der Waals surface area (Å²) in [6, 6.07) is 3.66. The van der Waals surface area contributed by atoms with E-state index < -0.39 is 0 Å². The summed E-state index contributed by atoms with van der Waals surface area (Å²) in [4.78, 5) is 16.0. The number of aromatic nitrogens is 1. The average Bonchev–Trinajstić information content (AvgIpc) is 2.35. The number of carbonyl (C=O) groups is 1. The standard InChI is InChI=1S/C14H21BrN2O/c1-11-5-6-12(9-16-11)13(18)17-10-14(2,3)7-4-8-15/h5-6,9H,4,7-8,10H2,1-3H3,(H,17,18). The highest BCUT2D eigenvalue weighted by molar-refractivity contribution is 9.09. The van der Waals surface area contributed by atoms with Crippen molar-refractivity contribution in [2.75, 3.05) is 11.9 Å². The summed E-state index contributed by atoms with van der Waals surface area (Å²) >= 11 is 3.43. The van der Waals surface area contributed by atoms with Crippen molar-refractivity contribution in [3.63, 3.8) is 0 Å². The SMILES string of the molecule is Cc1ccc(C(=O)NCC(C)(C)CCCBr)cn1. The molecule has 0 atom stereocenters. The zero-order chi connectivity index (χ0) is 13.6. The van der Waals surface area contributed by atoms with Gasteiger partial charge in [0.2, 0.25) is 0 Å². The molecule has 1 rings (SSSR count). The molecule has 0 aliphatic carbocycles. The van der Waals surface area contributed by atoms with Crippen molar-refractivity contribution in [2.24, 2.45) is 5.41 Å². The van der Waals surface area contributed by atoms with Crippen LogP contribution in [0.5, 0.6) is 0 Å². The average molecular weight is 313 g/mol. The van der Waals surface area contributed by atoms with Gasteiger partial charge in [0.15, 0.2) is 0 Å². The van der Waals surface area contributed by atoms with Crippen LogP contribution in [0, 0.1) is 12.3 Å². The first-order chi connectivity index (χ1) is 8.44. The van der Waals surface area contributed by atoms with Gasteiger partial charge in [0.25, 0.3) is 5.91 Å². The predicted octanol–water partition coefficient (Wildman–Crippen LogP) is 3.32. The molecule has 1 aromatic rings. The van der Waals surface area contributed by atoms with Gasteiger partial charge >= 0.3 is 0 Å². The first kappa shape index (κ1) is 15.2. The molecule has 0 aliphatic rings. The molecule has 0 unspecified atom stereocenters. The Morgan fingerprint density at radius 2 is 2.17 bits per heavy atom. The highest BCUT2D eigenvalue weighted by Gasteiger charge is 2.18. The van der Waals surface area contributed by atoms with Crippen molar-refractivity contribution in [1.82, 2.24) is 10.3 Å². The van der Waals surface area contributed by atoms with Crippen LogP contribution in [0.15, 0.2) is 18.3 Å². The molecule has 0 spiro atoms. The number of hydrogen-bond donors (Lipinski definition) is 1. The highest BCUT2D eigenvalue weighted by Crippen LogP contribution is 2.21. The van der Waals surface area contributed by atoms with Crippen molar-refractivity contribution in [3.8, 4) is 0 Å². The van der Waals surface area contributed by atoms with Crippen LogP contribution >= 0.6 is 15.9 Å². The molecule has 4 heteroatoms. The quantitative estimate of drug-likeness (QED) is 0.819. The number of hydrogen-bond acceptors (Lipinski definition) is 2. The van der Waals surface area contributed by atoms with E-state index in [9.17, 15) is 4.79 Å². The molecule has 0 bridgehead atoms. The molecule has 1 amide bonds. The molecule has 1 N–H and O–H groups in total. The lowest BCUT2D eigenvalue weighted by molar-refractivity contribution is 0.0934. The maximum Gasteiger partial charge on any atom is 0.252 e. The Labute approximate surface area is 118 Å². The van der Waals surface area contributed by atoms with Crippen molar-refractivity contribution in [2.45, 2.75) is 33.6 Å². The summed E-state index contributed by atoms with van der Waals surface area (Å²) < 4.78 is 0. The maximum atomic E-state index is 11.9. The largest absolute Gasteiger partial charge is 0.351 e. The Morgan fingerprint density at radius 1 is 1.44 bits per heavy atom. The van der Waals surface area contributed by atoms with E-state index in [-0.39, 0.29) is 11.3 Å². The second kappa shape index (κ2) is 6.88. The van der Waals surface area contributed by atoms with E-state index in [0.29, 0.717) is 12.1 Å². The molecule has 1 aromatic heterocycles. The summed E-state index contributed by atoms with van der Waals surface area (Å²) in [7, 11) is 0. The minimum Gasteiger partial charge on any atom is -0.351 e. The minimum absolute atomic E-state index is 0.0468. The first-order valence-corrected chi connectivity index (χ1v) is 7.33. The molecule has 0 saturated carbocycles. The monoisotopic (exact) mass is 312 g/mol. The summed E-state index contributed by atoms with van der Waals surface area (Å²) in [6.45, 7) is 6.93. The summed E-state index contributed by atoms with van der Waals surface area (Å²) in [5, 5.41) is 3.98. The summed E-state index contributed by atoms with van der Waals surface area (Å²) in [5.74, 6) is -0.0468. The number of alkyl halides is 1. The fourth-order valence-corrected chi connectivity index (χ4v) is 1.94. The van der Waals surface area contributed by atoms with E-state index in [2.05, 4.69) is 40.1 Å². The number of aryl methyl sites for hydroxylation is 1. The van der Waals surface area contributed by atoms with Gasteiger partial charge in [0.05, 0.1) is 5.56 Å². The van der Waals surface area contributed by atoms with E-state index >= 15 is 0 Å². The molecule has 0 aliphatic heterocycles. The molecule has 0 radical (unpaired) electrons. The number of nitrogens with zero attached hydrogens (tertiary/aromatic N) is 1. The predicted molar refractivity (Wildman–Crippen MR) is 78.1 cm³/mol. The van der Waals surface area contributed by atoms with E-state index in [1.165, 1.54) is 0 Å². The van der Waals surface area contributed by atoms with Gasteiger partial charge in [0.1, 0.15) is 0 Å². The molecule has 1 heterocycles. The van der Waals surface area contributed by atoms with E-state index in [4.69, 9.17) is 0 Å². The Bertz CT molecular complexity index is 387. The van der Waals surface area contributed by atoms with Crippen molar-refractivity contribution in [1.29, 1.82) is 0 Å². The summed E-state index contributed by atoms with van der Waals surface area (Å²) in [6.07, 6.45) is 3.83. The van der Waals surface area contributed by atoms with Gasteiger partial charge in [-0.1, -0.05) is 29.8 Å². The first-order valence-electron chi connectivity index (χ1n) is 6.21. The number of halogens is 1. The molecule has 3 nitrogen and oxygen atoms in total. The Kier molecular flexibility index (Phi) is 5.79. The smallest absolute Gasteiger partial charge is 0.252 e. The van der Waals surface area contributed by atoms with Crippen LogP contribution in [0.25, 0.3) is 0 Å². The molecular weight excluding hydrogens is 292 g/mol. The van der Waals surface area contributed by atoms with Gasteiger partial charge in [-0.05, 0) is 37.3 Å². The Morgan fingerprint density at radius 3 is 2.72 bits per heavy atom. The van der Waals surface area contributed by atoms with Gasteiger partial charge in [-0.15, -0.1) is 0 Å². The molecule has 0 aromatic carbocycles. The molecule has 18 heavy (non-hydrogen) atoms. The lowest BCUT2D eigenvalue weighted by atomic mass is 9.88. The second-order valence-electron chi connectivity index (χ2n) is 5.33. The van der Waals surface area contributed by atoms with Crippen LogP contribution in [0.1, 0.15) is 42.7 Å². The summed E-state index contributed by atoms with van der Waals surface area (Å²) in [5.41, 5.74) is 1.67. The number of rotatable bonds is 6. The van der Waals surface area contributed by atoms with Gasteiger partial charge < -0.3 is 5.32 Å². The van der Waals surface area contributed by atoms with Crippen LogP contribution < -0.4 is 5.32 Å². The van der Waals surface area contributed by atoms with Crippen LogP contribution in [0.2, 0.25) is 0 Å². The molecular formula is C14H21BrN2O. The van der Waals surface area contributed by atoms with Gasteiger partial charge in [-0.2, -0.15) is 0 Å². The topological polar surface area (TPSA) is 42.0 Å². The lowest BCUT2D eigenvalue weighted by Gasteiger charge is -2.24. The zero-order valence-corrected chi connectivity index (χ0v) is 12.9. The third-order valence-corrected chi connectivity index (χ3v) is 3.45.